The second-order valence-corrected chi connectivity index (χ2v) is 7.69. The molecule has 0 amide bonds. The van der Waals surface area contributed by atoms with Crippen LogP contribution in [0.4, 0.5) is 0 Å². The fourth-order valence-corrected chi connectivity index (χ4v) is 4.53. The van der Waals surface area contributed by atoms with E-state index in [1.165, 1.54) is 0 Å². The molecule has 5 heteroatoms. The van der Waals surface area contributed by atoms with Crippen molar-refractivity contribution in [3.8, 4) is 0 Å². The molecule has 0 aliphatic heterocycles. The number of hydrogen-bond donors (Lipinski definition) is 0. The summed E-state index contributed by atoms with van der Waals surface area (Å²) in [5, 5.41) is 1.97. The standard InChI is InChI=1S/C9H13ClO2S2/c1-7-4-5-13-8(7)9(2,3)6-14(10,11)12/h4-5H,6H2,1-3H3. The van der Waals surface area contributed by atoms with Gasteiger partial charge in [0.15, 0.2) is 0 Å². The molecule has 0 aliphatic rings. The van der Waals surface area contributed by atoms with Gasteiger partial charge in [0.2, 0.25) is 9.05 Å². The van der Waals surface area contributed by atoms with Gasteiger partial charge in [0.25, 0.3) is 0 Å². The molecule has 0 radical (unpaired) electrons. The maximum absolute atomic E-state index is 11.0. The molecule has 0 aliphatic carbocycles. The normalized spacial score (nSPS) is 13.1. The van der Waals surface area contributed by atoms with Crippen molar-refractivity contribution in [1.29, 1.82) is 0 Å². The van der Waals surface area contributed by atoms with Crippen LogP contribution in [-0.4, -0.2) is 14.2 Å². The molecule has 0 saturated heterocycles. The number of rotatable bonds is 3. The molecule has 0 N–H and O–H groups in total. The largest absolute Gasteiger partial charge is 0.233 e. The highest BCUT2D eigenvalue weighted by molar-refractivity contribution is 8.13. The van der Waals surface area contributed by atoms with E-state index in [9.17, 15) is 8.42 Å². The lowest BCUT2D eigenvalue weighted by Crippen LogP contribution is -2.25. The lowest BCUT2D eigenvalue weighted by molar-refractivity contribution is 0.563. The number of aryl methyl sites for hydroxylation is 1. The van der Waals surface area contributed by atoms with Crippen LogP contribution >= 0.6 is 22.0 Å². The van der Waals surface area contributed by atoms with Crippen molar-refractivity contribution in [2.75, 3.05) is 5.75 Å². The first-order valence-electron chi connectivity index (χ1n) is 4.19. The highest BCUT2D eigenvalue weighted by Crippen LogP contribution is 2.32. The van der Waals surface area contributed by atoms with E-state index >= 15 is 0 Å². The molecule has 0 bridgehead atoms. The van der Waals surface area contributed by atoms with Gasteiger partial charge in [-0.3, -0.25) is 0 Å². The summed E-state index contributed by atoms with van der Waals surface area (Å²) in [6.45, 7) is 5.77. The molecule has 1 aromatic rings. The lowest BCUT2D eigenvalue weighted by Gasteiger charge is -2.22. The number of thiophene rings is 1. The predicted octanol–water partition coefficient (Wildman–Crippen LogP) is 2.90. The maximum atomic E-state index is 11.0. The second-order valence-electron chi connectivity index (χ2n) is 4.00. The van der Waals surface area contributed by atoms with Crippen LogP contribution in [0.25, 0.3) is 0 Å². The minimum atomic E-state index is -3.45. The Bertz CT molecular complexity index is 418. The Balaban J connectivity index is 3.03. The minimum Gasteiger partial charge on any atom is -0.212 e. The number of halogens is 1. The van der Waals surface area contributed by atoms with Crippen LogP contribution < -0.4 is 0 Å². The lowest BCUT2D eigenvalue weighted by atomic mass is 9.92. The quantitative estimate of drug-likeness (QED) is 0.776. The third-order valence-electron chi connectivity index (χ3n) is 2.01. The summed E-state index contributed by atoms with van der Waals surface area (Å²) in [4.78, 5) is 1.08. The Labute approximate surface area is 93.3 Å². The molecular formula is C9H13ClO2S2. The molecule has 1 heterocycles. The topological polar surface area (TPSA) is 34.1 Å². The van der Waals surface area contributed by atoms with Crippen LogP contribution in [0.2, 0.25) is 0 Å². The van der Waals surface area contributed by atoms with Crippen molar-refractivity contribution in [2.45, 2.75) is 26.2 Å². The molecule has 0 saturated carbocycles. The van der Waals surface area contributed by atoms with Gasteiger partial charge in [-0.2, -0.15) is 0 Å². The fourth-order valence-electron chi connectivity index (χ4n) is 1.56. The predicted molar refractivity (Wildman–Crippen MR) is 61.7 cm³/mol. The Morgan fingerprint density at radius 1 is 1.50 bits per heavy atom. The minimum absolute atomic E-state index is 0.0249. The van der Waals surface area contributed by atoms with Gasteiger partial charge in [0, 0.05) is 21.0 Å². The molecule has 0 unspecified atom stereocenters. The van der Waals surface area contributed by atoms with Crippen molar-refractivity contribution >= 4 is 31.1 Å². The van der Waals surface area contributed by atoms with Crippen molar-refractivity contribution in [3.63, 3.8) is 0 Å². The van der Waals surface area contributed by atoms with E-state index < -0.39 is 14.5 Å². The van der Waals surface area contributed by atoms with Gasteiger partial charge in [0.1, 0.15) is 0 Å². The van der Waals surface area contributed by atoms with Crippen molar-refractivity contribution < 1.29 is 8.42 Å². The molecular weight excluding hydrogens is 240 g/mol. The third kappa shape index (κ3) is 2.97. The summed E-state index contributed by atoms with van der Waals surface area (Å²) in [5.41, 5.74) is 0.721. The van der Waals surface area contributed by atoms with Crippen LogP contribution in [0.15, 0.2) is 11.4 Å². The average molecular weight is 253 g/mol. The van der Waals surface area contributed by atoms with Gasteiger partial charge < -0.3 is 0 Å². The summed E-state index contributed by atoms with van der Waals surface area (Å²) in [7, 11) is 1.82. The third-order valence-corrected chi connectivity index (χ3v) is 4.79. The smallest absolute Gasteiger partial charge is 0.212 e. The molecule has 0 fully saturated rings. The zero-order valence-electron chi connectivity index (χ0n) is 8.37. The van der Waals surface area contributed by atoms with E-state index in [1.54, 1.807) is 11.3 Å². The van der Waals surface area contributed by atoms with Gasteiger partial charge in [-0.1, -0.05) is 13.8 Å². The van der Waals surface area contributed by atoms with E-state index in [1.807, 2.05) is 32.2 Å². The zero-order chi connectivity index (χ0) is 11.0. The first kappa shape index (κ1) is 12.0. The Hall–Kier alpha value is -0.0600. The molecule has 80 valence electrons. The SMILES string of the molecule is Cc1ccsc1C(C)(C)CS(=O)(=O)Cl. The molecule has 0 atom stereocenters. The van der Waals surface area contributed by atoms with E-state index in [0.29, 0.717) is 0 Å². The second kappa shape index (κ2) is 3.83. The first-order chi connectivity index (χ1) is 6.22. The van der Waals surface area contributed by atoms with Crippen LogP contribution in [0.3, 0.4) is 0 Å². The molecule has 1 aromatic heterocycles. The fraction of sp³-hybridized carbons (Fsp3) is 0.556. The molecule has 2 nitrogen and oxygen atoms in total. The summed E-state index contributed by atoms with van der Waals surface area (Å²) in [5.74, 6) is -0.0249. The van der Waals surface area contributed by atoms with E-state index in [0.717, 1.165) is 10.4 Å². The monoisotopic (exact) mass is 252 g/mol. The van der Waals surface area contributed by atoms with Crippen LogP contribution in [0, 0.1) is 6.92 Å². The summed E-state index contributed by atoms with van der Waals surface area (Å²) in [6, 6.07) is 1.99. The van der Waals surface area contributed by atoms with E-state index in [-0.39, 0.29) is 5.75 Å². The van der Waals surface area contributed by atoms with E-state index in [4.69, 9.17) is 10.7 Å². The summed E-state index contributed by atoms with van der Waals surface area (Å²) in [6.07, 6.45) is 0. The summed E-state index contributed by atoms with van der Waals surface area (Å²) >= 11 is 1.57. The highest BCUT2D eigenvalue weighted by Gasteiger charge is 2.29. The van der Waals surface area contributed by atoms with Gasteiger partial charge in [0.05, 0.1) is 5.75 Å². The zero-order valence-corrected chi connectivity index (χ0v) is 10.8. The molecule has 1 rings (SSSR count). The molecule has 0 aromatic carbocycles. The van der Waals surface area contributed by atoms with Crippen LogP contribution in [-0.2, 0) is 14.5 Å². The number of hydrogen-bond acceptors (Lipinski definition) is 3. The summed E-state index contributed by atoms with van der Waals surface area (Å²) < 4.78 is 22.0. The van der Waals surface area contributed by atoms with Gasteiger partial charge in [-0.05, 0) is 23.9 Å². The molecule has 0 spiro atoms. The van der Waals surface area contributed by atoms with Crippen molar-refractivity contribution in [3.05, 3.63) is 21.9 Å². The Kier molecular flexibility index (Phi) is 3.29. The first-order valence-corrected chi connectivity index (χ1v) is 7.55. The van der Waals surface area contributed by atoms with Crippen molar-refractivity contribution in [1.82, 2.24) is 0 Å². The van der Waals surface area contributed by atoms with Crippen LogP contribution in [0.1, 0.15) is 24.3 Å². The van der Waals surface area contributed by atoms with Gasteiger partial charge in [-0.15, -0.1) is 11.3 Å². The van der Waals surface area contributed by atoms with Crippen LogP contribution in [0.5, 0.6) is 0 Å². The van der Waals surface area contributed by atoms with Crippen molar-refractivity contribution in [2.24, 2.45) is 0 Å². The molecule has 14 heavy (non-hydrogen) atoms. The Morgan fingerprint density at radius 2 is 2.07 bits per heavy atom. The Morgan fingerprint density at radius 3 is 2.43 bits per heavy atom. The average Bonchev–Trinajstić information content (AvgIpc) is 2.29. The maximum Gasteiger partial charge on any atom is 0.233 e. The highest BCUT2D eigenvalue weighted by atomic mass is 35.7. The van der Waals surface area contributed by atoms with Gasteiger partial charge in [-0.25, -0.2) is 8.42 Å². The van der Waals surface area contributed by atoms with Gasteiger partial charge >= 0.3 is 0 Å². The van der Waals surface area contributed by atoms with E-state index in [2.05, 4.69) is 0 Å².